The van der Waals surface area contributed by atoms with Crippen LogP contribution in [-0.2, 0) is 0 Å². The van der Waals surface area contributed by atoms with E-state index in [4.69, 9.17) is 0 Å². The number of nitrogens with one attached hydrogen (secondary N) is 1. The van der Waals surface area contributed by atoms with Gasteiger partial charge in [-0.1, -0.05) is 20.8 Å². The van der Waals surface area contributed by atoms with Crippen molar-refractivity contribution in [2.75, 3.05) is 26.2 Å². The molecule has 1 N–H and O–H groups in total. The summed E-state index contributed by atoms with van der Waals surface area (Å²) in [5, 5.41) is 3.42. The van der Waals surface area contributed by atoms with E-state index < -0.39 is 0 Å². The van der Waals surface area contributed by atoms with Gasteiger partial charge in [0.15, 0.2) is 0 Å². The molecule has 1 fully saturated rings. The number of piperazine rings is 1. The molecular formula is C11H26Cl2N2. The minimum Gasteiger partial charge on any atom is -0.314 e. The third kappa shape index (κ3) is 7.40. The van der Waals surface area contributed by atoms with Crippen LogP contribution in [0.5, 0.6) is 0 Å². The van der Waals surface area contributed by atoms with E-state index in [-0.39, 0.29) is 24.8 Å². The van der Waals surface area contributed by atoms with Crippen LogP contribution in [-0.4, -0.2) is 37.1 Å². The van der Waals surface area contributed by atoms with E-state index in [9.17, 15) is 0 Å². The molecule has 1 atom stereocenters. The highest BCUT2D eigenvalue weighted by Gasteiger charge is 2.19. The molecule has 1 rings (SSSR count). The summed E-state index contributed by atoms with van der Waals surface area (Å²) in [6, 6.07) is 0.719. The first-order chi connectivity index (χ1) is 5.99. The van der Waals surface area contributed by atoms with E-state index in [0.29, 0.717) is 5.41 Å². The van der Waals surface area contributed by atoms with E-state index >= 15 is 0 Å². The van der Waals surface area contributed by atoms with Crippen molar-refractivity contribution in [3.05, 3.63) is 0 Å². The molecule has 0 bridgehead atoms. The molecule has 0 amide bonds. The van der Waals surface area contributed by atoms with Crippen molar-refractivity contribution in [3.63, 3.8) is 0 Å². The van der Waals surface area contributed by atoms with Gasteiger partial charge in [-0.15, -0.1) is 24.8 Å². The van der Waals surface area contributed by atoms with Gasteiger partial charge in [0.1, 0.15) is 0 Å². The molecule has 1 saturated heterocycles. The number of hydrogen-bond acceptors (Lipinski definition) is 2. The van der Waals surface area contributed by atoms with Crippen molar-refractivity contribution in [1.29, 1.82) is 0 Å². The van der Waals surface area contributed by atoms with Crippen molar-refractivity contribution >= 4 is 24.8 Å². The summed E-state index contributed by atoms with van der Waals surface area (Å²) < 4.78 is 0. The summed E-state index contributed by atoms with van der Waals surface area (Å²) in [7, 11) is 0. The summed E-state index contributed by atoms with van der Waals surface area (Å²) in [5.41, 5.74) is 0.477. The molecule has 0 saturated carbocycles. The van der Waals surface area contributed by atoms with E-state index in [2.05, 4.69) is 37.9 Å². The molecule has 94 valence electrons. The normalized spacial score (nSPS) is 22.8. The highest BCUT2D eigenvalue weighted by atomic mass is 35.5. The van der Waals surface area contributed by atoms with Crippen molar-refractivity contribution in [3.8, 4) is 0 Å². The molecule has 0 spiro atoms. The zero-order chi connectivity index (χ0) is 9.90. The lowest BCUT2D eigenvalue weighted by Gasteiger charge is -2.35. The fourth-order valence-electron chi connectivity index (χ4n) is 1.69. The second kappa shape index (κ2) is 7.72. The average Bonchev–Trinajstić information content (AvgIpc) is 2.01. The van der Waals surface area contributed by atoms with Gasteiger partial charge in [0.25, 0.3) is 0 Å². The maximum atomic E-state index is 3.42. The molecule has 4 heteroatoms. The number of hydrogen-bond donors (Lipinski definition) is 1. The lowest BCUT2D eigenvalue weighted by molar-refractivity contribution is 0.152. The zero-order valence-corrected chi connectivity index (χ0v) is 12.0. The van der Waals surface area contributed by atoms with Crippen LogP contribution in [0.15, 0.2) is 0 Å². The maximum absolute atomic E-state index is 3.42. The fraction of sp³-hybridized carbons (Fsp3) is 1.00. The smallest absolute Gasteiger partial charge is 0.0192 e. The Hall–Kier alpha value is 0.500. The van der Waals surface area contributed by atoms with Crippen LogP contribution < -0.4 is 5.32 Å². The van der Waals surface area contributed by atoms with Gasteiger partial charge in [-0.2, -0.15) is 0 Å². The fourth-order valence-corrected chi connectivity index (χ4v) is 1.69. The molecule has 0 aromatic heterocycles. The highest BCUT2D eigenvalue weighted by Crippen LogP contribution is 2.19. The average molecular weight is 257 g/mol. The van der Waals surface area contributed by atoms with Crippen molar-refractivity contribution in [2.45, 2.75) is 40.2 Å². The number of rotatable bonds is 2. The molecule has 0 radical (unpaired) electrons. The quantitative estimate of drug-likeness (QED) is 0.818. The number of nitrogens with zero attached hydrogens (tertiary/aromatic N) is 1. The van der Waals surface area contributed by atoms with Crippen LogP contribution in [0.4, 0.5) is 0 Å². The summed E-state index contributed by atoms with van der Waals surface area (Å²) >= 11 is 0. The largest absolute Gasteiger partial charge is 0.314 e. The highest BCUT2D eigenvalue weighted by molar-refractivity contribution is 5.85. The maximum Gasteiger partial charge on any atom is 0.0192 e. The van der Waals surface area contributed by atoms with Crippen LogP contribution in [0.25, 0.3) is 0 Å². The van der Waals surface area contributed by atoms with Gasteiger partial charge in [0.05, 0.1) is 0 Å². The summed E-state index contributed by atoms with van der Waals surface area (Å²) in [5.74, 6) is 0. The standard InChI is InChI=1S/C11H24N2.2ClH/c1-10-9-12-6-8-13(10)7-5-11(2,3)4;;/h10,12H,5-9H2,1-4H3;2*1H/t10-;;/m0../s1. The monoisotopic (exact) mass is 256 g/mol. The van der Waals surface area contributed by atoms with Crippen LogP contribution >= 0.6 is 24.8 Å². The van der Waals surface area contributed by atoms with Crippen LogP contribution in [0.2, 0.25) is 0 Å². The second-order valence-corrected chi connectivity index (χ2v) is 5.40. The molecule has 0 aromatic rings. The summed E-state index contributed by atoms with van der Waals surface area (Å²) in [6.45, 7) is 14.1. The molecule has 1 aliphatic rings. The van der Waals surface area contributed by atoms with Gasteiger partial charge in [0, 0.05) is 25.7 Å². The zero-order valence-electron chi connectivity index (χ0n) is 10.4. The minimum absolute atomic E-state index is 0. The predicted molar refractivity (Wildman–Crippen MR) is 72.5 cm³/mol. The third-order valence-electron chi connectivity index (χ3n) is 2.79. The van der Waals surface area contributed by atoms with Crippen LogP contribution in [0.1, 0.15) is 34.1 Å². The first kappa shape index (κ1) is 17.9. The Morgan fingerprint density at radius 2 is 1.87 bits per heavy atom. The van der Waals surface area contributed by atoms with Gasteiger partial charge in [0.2, 0.25) is 0 Å². The Morgan fingerprint density at radius 3 is 2.33 bits per heavy atom. The van der Waals surface area contributed by atoms with Gasteiger partial charge < -0.3 is 5.32 Å². The molecular weight excluding hydrogens is 231 g/mol. The van der Waals surface area contributed by atoms with E-state index in [1.165, 1.54) is 19.5 Å². The Labute approximate surface area is 107 Å². The molecule has 15 heavy (non-hydrogen) atoms. The molecule has 0 unspecified atom stereocenters. The van der Waals surface area contributed by atoms with Crippen molar-refractivity contribution in [1.82, 2.24) is 10.2 Å². The lowest BCUT2D eigenvalue weighted by atomic mass is 9.92. The molecule has 1 heterocycles. The Balaban J connectivity index is 0. The topological polar surface area (TPSA) is 15.3 Å². The third-order valence-corrected chi connectivity index (χ3v) is 2.79. The summed E-state index contributed by atoms with van der Waals surface area (Å²) in [6.07, 6.45) is 1.30. The SMILES string of the molecule is C[C@H]1CNCCN1CCC(C)(C)C.Cl.Cl. The van der Waals surface area contributed by atoms with Gasteiger partial charge in [-0.05, 0) is 25.3 Å². The lowest BCUT2D eigenvalue weighted by Crippen LogP contribution is -2.50. The van der Waals surface area contributed by atoms with Crippen molar-refractivity contribution < 1.29 is 0 Å². The van der Waals surface area contributed by atoms with Gasteiger partial charge in [-0.3, -0.25) is 4.90 Å². The second-order valence-electron chi connectivity index (χ2n) is 5.40. The first-order valence-corrected chi connectivity index (χ1v) is 5.44. The van der Waals surface area contributed by atoms with Gasteiger partial charge >= 0.3 is 0 Å². The van der Waals surface area contributed by atoms with Gasteiger partial charge in [-0.25, -0.2) is 0 Å². The predicted octanol–water partition coefficient (Wildman–Crippen LogP) is 2.56. The molecule has 2 nitrogen and oxygen atoms in total. The Kier molecular flexibility index (Phi) is 9.20. The van der Waals surface area contributed by atoms with Crippen LogP contribution in [0.3, 0.4) is 0 Å². The van der Waals surface area contributed by atoms with E-state index in [1.807, 2.05) is 0 Å². The Bertz CT molecular complexity index is 157. The minimum atomic E-state index is 0. The molecule has 0 aromatic carbocycles. The summed E-state index contributed by atoms with van der Waals surface area (Å²) in [4.78, 5) is 2.60. The number of halogens is 2. The van der Waals surface area contributed by atoms with Crippen molar-refractivity contribution in [2.24, 2.45) is 5.41 Å². The van der Waals surface area contributed by atoms with E-state index in [0.717, 1.165) is 19.1 Å². The van der Waals surface area contributed by atoms with E-state index in [1.54, 1.807) is 0 Å². The molecule has 1 aliphatic heterocycles. The molecule has 0 aliphatic carbocycles. The van der Waals surface area contributed by atoms with Crippen LogP contribution in [0, 0.1) is 5.41 Å². The Morgan fingerprint density at radius 1 is 1.27 bits per heavy atom. The first-order valence-electron chi connectivity index (χ1n) is 5.44.